The van der Waals surface area contributed by atoms with E-state index in [0.717, 1.165) is 5.56 Å². The molecule has 0 saturated heterocycles. The van der Waals surface area contributed by atoms with Crippen LogP contribution in [-0.4, -0.2) is 22.2 Å². The van der Waals surface area contributed by atoms with E-state index in [1.54, 1.807) is 12.1 Å². The molecule has 1 rings (SSSR count). The minimum Gasteiger partial charge on any atom is -0.396 e. The van der Waals surface area contributed by atoms with Crippen molar-refractivity contribution in [1.29, 1.82) is 0 Å². The molecule has 0 unspecified atom stereocenters. The van der Waals surface area contributed by atoms with E-state index in [-0.39, 0.29) is 17.8 Å². The SMILES string of the molecule is CC(C)(CCO)NCc1ccc(Br)c([N+](=O)[O-])c1. The van der Waals surface area contributed by atoms with E-state index in [1.165, 1.54) is 0 Å². The Hall–Kier alpha value is -0.980. The second kappa shape index (κ2) is 6.26. The Morgan fingerprint density at radius 3 is 2.72 bits per heavy atom. The number of halogens is 1. The molecule has 0 saturated carbocycles. The summed E-state index contributed by atoms with van der Waals surface area (Å²) in [5.74, 6) is 0. The van der Waals surface area contributed by atoms with Gasteiger partial charge in [0, 0.05) is 24.8 Å². The van der Waals surface area contributed by atoms with Gasteiger partial charge in [0.25, 0.3) is 5.69 Å². The molecule has 0 aliphatic rings. The Balaban J connectivity index is 2.74. The van der Waals surface area contributed by atoms with Crippen molar-refractivity contribution in [2.75, 3.05) is 6.61 Å². The normalized spacial score (nSPS) is 11.6. The largest absolute Gasteiger partial charge is 0.396 e. The van der Waals surface area contributed by atoms with Gasteiger partial charge in [-0.3, -0.25) is 10.1 Å². The van der Waals surface area contributed by atoms with Crippen LogP contribution in [0.2, 0.25) is 0 Å². The van der Waals surface area contributed by atoms with Crippen LogP contribution in [0.4, 0.5) is 5.69 Å². The first-order chi connectivity index (χ1) is 8.35. The van der Waals surface area contributed by atoms with Gasteiger partial charge >= 0.3 is 0 Å². The maximum absolute atomic E-state index is 10.8. The van der Waals surface area contributed by atoms with Crippen molar-refractivity contribution in [3.63, 3.8) is 0 Å². The fourth-order valence-electron chi connectivity index (χ4n) is 1.52. The highest BCUT2D eigenvalue weighted by Crippen LogP contribution is 2.25. The molecular weight excluding hydrogens is 300 g/mol. The predicted octanol–water partition coefficient (Wildman–Crippen LogP) is 2.61. The van der Waals surface area contributed by atoms with Crippen LogP contribution in [0, 0.1) is 10.1 Å². The Kier molecular flexibility index (Phi) is 5.25. The number of benzene rings is 1. The molecule has 0 amide bonds. The van der Waals surface area contributed by atoms with Crippen LogP contribution in [0.15, 0.2) is 22.7 Å². The van der Waals surface area contributed by atoms with Crippen LogP contribution >= 0.6 is 15.9 Å². The third-order valence-electron chi connectivity index (χ3n) is 2.72. The summed E-state index contributed by atoms with van der Waals surface area (Å²) in [4.78, 5) is 10.4. The minimum absolute atomic E-state index is 0.0641. The van der Waals surface area contributed by atoms with E-state index in [2.05, 4.69) is 21.2 Å². The van der Waals surface area contributed by atoms with Gasteiger partial charge in [0.15, 0.2) is 0 Å². The molecular formula is C12H17BrN2O3. The van der Waals surface area contributed by atoms with Crippen LogP contribution in [0.1, 0.15) is 25.8 Å². The maximum atomic E-state index is 10.8. The van der Waals surface area contributed by atoms with E-state index in [4.69, 9.17) is 5.11 Å². The molecule has 2 N–H and O–H groups in total. The number of hydrogen-bond acceptors (Lipinski definition) is 4. The summed E-state index contributed by atoms with van der Waals surface area (Å²) in [7, 11) is 0. The van der Waals surface area contributed by atoms with Gasteiger partial charge in [0.05, 0.1) is 9.40 Å². The highest BCUT2D eigenvalue weighted by Gasteiger charge is 2.17. The van der Waals surface area contributed by atoms with Crippen LogP contribution in [0.5, 0.6) is 0 Å². The monoisotopic (exact) mass is 316 g/mol. The lowest BCUT2D eigenvalue weighted by Crippen LogP contribution is -2.39. The molecule has 0 aliphatic heterocycles. The summed E-state index contributed by atoms with van der Waals surface area (Å²) in [5, 5.41) is 23.0. The van der Waals surface area contributed by atoms with Crippen molar-refractivity contribution in [3.05, 3.63) is 38.3 Å². The quantitative estimate of drug-likeness (QED) is 0.625. The third-order valence-corrected chi connectivity index (χ3v) is 3.39. The smallest absolute Gasteiger partial charge is 0.283 e. The first kappa shape index (κ1) is 15.1. The number of hydrogen-bond donors (Lipinski definition) is 2. The van der Waals surface area contributed by atoms with Gasteiger partial charge < -0.3 is 10.4 Å². The van der Waals surface area contributed by atoms with Crippen molar-refractivity contribution in [2.24, 2.45) is 0 Å². The summed E-state index contributed by atoms with van der Waals surface area (Å²) in [6.07, 6.45) is 0.631. The van der Waals surface area contributed by atoms with Gasteiger partial charge in [0.2, 0.25) is 0 Å². The Labute approximate surface area is 114 Å². The lowest BCUT2D eigenvalue weighted by atomic mass is 10.0. The zero-order chi connectivity index (χ0) is 13.8. The fourth-order valence-corrected chi connectivity index (χ4v) is 1.91. The predicted molar refractivity (Wildman–Crippen MR) is 73.4 cm³/mol. The molecule has 100 valence electrons. The first-order valence-electron chi connectivity index (χ1n) is 5.64. The zero-order valence-electron chi connectivity index (χ0n) is 10.4. The summed E-state index contributed by atoms with van der Waals surface area (Å²) < 4.78 is 0.478. The molecule has 1 aromatic carbocycles. The average molecular weight is 317 g/mol. The molecule has 6 heteroatoms. The highest BCUT2D eigenvalue weighted by molar-refractivity contribution is 9.10. The molecule has 0 spiro atoms. The van der Waals surface area contributed by atoms with Crippen molar-refractivity contribution in [2.45, 2.75) is 32.4 Å². The molecule has 0 fully saturated rings. The van der Waals surface area contributed by atoms with Crippen LogP contribution in [0.3, 0.4) is 0 Å². The molecule has 0 aromatic heterocycles. The minimum atomic E-state index is -0.410. The van der Waals surface area contributed by atoms with Crippen molar-refractivity contribution in [3.8, 4) is 0 Å². The number of aliphatic hydroxyl groups excluding tert-OH is 1. The Bertz CT molecular complexity index is 435. The molecule has 0 aliphatic carbocycles. The fraction of sp³-hybridized carbons (Fsp3) is 0.500. The third kappa shape index (κ3) is 4.36. The molecule has 1 aromatic rings. The Morgan fingerprint density at radius 2 is 2.17 bits per heavy atom. The molecule has 5 nitrogen and oxygen atoms in total. The van der Waals surface area contributed by atoms with E-state index in [1.807, 2.05) is 19.9 Å². The number of aliphatic hydroxyl groups is 1. The lowest BCUT2D eigenvalue weighted by Gasteiger charge is -2.25. The van der Waals surface area contributed by atoms with Crippen LogP contribution in [-0.2, 0) is 6.54 Å². The van der Waals surface area contributed by atoms with Crippen molar-refractivity contribution < 1.29 is 10.0 Å². The van der Waals surface area contributed by atoms with Crippen molar-refractivity contribution in [1.82, 2.24) is 5.32 Å². The van der Waals surface area contributed by atoms with Crippen molar-refractivity contribution >= 4 is 21.6 Å². The van der Waals surface area contributed by atoms with Crippen LogP contribution < -0.4 is 5.32 Å². The number of rotatable bonds is 6. The standard InChI is InChI=1S/C12H17BrN2O3/c1-12(2,5-6-16)14-8-9-3-4-10(13)11(7-9)15(17)18/h3-4,7,14,16H,5-6,8H2,1-2H3. The second-order valence-corrected chi connectivity index (χ2v) is 5.61. The topological polar surface area (TPSA) is 75.4 Å². The molecule has 0 atom stereocenters. The van der Waals surface area contributed by atoms with Gasteiger partial charge in [-0.1, -0.05) is 6.07 Å². The maximum Gasteiger partial charge on any atom is 0.283 e. The van der Waals surface area contributed by atoms with E-state index in [9.17, 15) is 10.1 Å². The van der Waals surface area contributed by atoms with Gasteiger partial charge in [-0.15, -0.1) is 0 Å². The summed E-state index contributed by atoms with van der Waals surface area (Å²) >= 11 is 3.15. The molecule has 0 bridgehead atoms. The van der Waals surface area contributed by atoms with Crippen LogP contribution in [0.25, 0.3) is 0 Å². The zero-order valence-corrected chi connectivity index (χ0v) is 12.0. The van der Waals surface area contributed by atoms with Gasteiger partial charge in [0.1, 0.15) is 0 Å². The van der Waals surface area contributed by atoms with Gasteiger partial charge in [-0.05, 0) is 47.8 Å². The van der Waals surface area contributed by atoms with E-state index in [0.29, 0.717) is 17.4 Å². The van der Waals surface area contributed by atoms with E-state index < -0.39 is 4.92 Å². The summed E-state index contributed by atoms with van der Waals surface area (Å²) in [6, 6.07) is 5.05. The first-order valence-corrected chi connectivity index (χ1v) is 6.44. The summed E-state index contributed by atoms with van der Waals surface area (Å²) in [5.41, 5.74) is 0.710. The number of nitro groups is 1. The van der Waals surface area contributed by atoms with Gasteiger partial charge in [-0.25, -0.2) is 0 Å². The Morgan fingerprint density at radius 1 is 1.50 bits per heavy atom. The molecule has 18 heavy (non-hydrogen) atoms. The number of nitro benzene ring substituents is 1. The highest BCUT2D eigenvalue weighted by atomic mass is 79.9. The number of nitrogens with one attached hydrogen (secondary N) is 1. The molecule has 0 heterocycles. The average Bonchev–Trinajstić information content (AvgIpc) is 2.27. The lowest BCUT2D eigenvalue weighted by molar-refractivity contribution is -0.385. The summed E-state index contributed by atoms with van der Waals surface area (Å²) in [6.45, 7) is 4.61. The number of nitrogens with zero attached hydrogens (tertiary/aromatic N) is 1. The van der Waals surface area contributed by atoms with Gasteiger partial charge in [-0.2, -0.15) is 0 Å². The van der Waals surface area contributed by atoms with E-state index >= 15 is 0 Å². The molecule has 0 radical (unpaired) electrons. The second-order valence-electron chi connectivity index (χ2n) is 4.75.